The third-order valence-corrected chi connectivity index (χ3v) is 6.75. The summed E-state index contributed by atoms with van der Waals surface area (Å²) in [5.41, 5.74) is 1.07. The molecule has 4 rings (SSSR count). The van der Waals surface area contributed by atoms with Gasteiger partial charge in [0.2, 0.25) is 5.91 Å². The lowest BCUT2D eigenvalue weighted by molar-refractivity contribution is -0.116. The van der Waals surface area contributed by atoms with Crippen molar-refractivity contribution in [1.29, 1.82) is 0 Å². The molecule has 7 heteroatoms. The number of hydrogen-bond acceptors (Lipinski definition) is 4. The summed E-state index contributed by atoms with van der Waals surface area (Å²) in [5, 5.41) is 4.29. The van der Waals surface area contributed by atoms with Gasteiger partial charge in [0.1, 0.15) is 11.8 Å². The van der Waals surface area contributed by atoms with E-state index in [9.17, 15) is 13.2 Å². The normalized spacial score (nSPS) is 15.5. The summed E-state index contributed by atoms with van der Waals surface area (Å²) in [6.45, 7) is 5.43. The van der Waals surface area contributed by atoms with E-state index in [0.29, 0.717) is 22.5 Å². The molecule has 150 valence electrons. The second kappa shape index (κ2) is 7.08. The van der Waals surface area contributed by atoms with Crippen LogP contribution < -0.4 is 14.4 Å². The van der Waals surface area contributed by atoms with Crippen molar-refractivity contribution < 1.29 is 17.9 Å². The van der Waals surface area contributed by atoms with E-state index in [0.717, 1.165) is 5.39 Å². The van der Waals surface area contributed by atoms with Gasteiger partial charge in [-0.3, -0.25) is 9.10 Å². The van der Waals surface area contributed by atoms with Crippen molar-refractivity contribution in [3.05, 3.63) is 60.7 Å². The largest absolute Gasteiger partial charge is 0.491 e. The fraction of sp³-hybridized carbons (Fsp3) is 0.227. The van der Waals surface area contributed by atoms with Crippen LogP contribution in [0.1, 0.15) is 20.8 Å². The van der Waals surface area contributed by atoms with Crippen LogP contribution in [0.25, 0.3) is 10.8 Å². The standard InChI is InChI=1S/C22H22N2O4S/c1-14(2)28-18-10-6-9-17(13-18)23-22(25)15(3)24-19-11-4-7-16-8-5-12-20(21(16)19)29(24,26)27/h4-15H,1-3H3,(H,23,25)/t15-/m1/s1. The maximum absolute atomic E-state index is 13.2. The molecule has 3 aromatic carbocycles. The molecule has 0 bridgehead atoms. The molecular weight excluding hydrogens is 388 g/mol. The van der Waals surface area contributed by atoms with Gasteiger partial charge in [-0.2, -0.15) is 0 Å². The molecule has 1 N–H and O–H groups in total. The van der Waals surface area contributed by atoms with Crippen molar-refractivity contribution >= 4 is 38.1 Å². The Morgan fingerprint density at radius 3 is 2.41 bits per heavy atom. The molecule has 1 atom stereocenters. The summed E-state index contributed by atoms with van der Waals surface area (Å²) in [6, 6.07) is 16.7. The molecule has 0 unspecified atom stereocenters. The Morgan fingerprint density at radius 1 is 1.00 bits per heavy atom. The van der Waals surface area contributed by atoms with E-state index in [-0.39, 0.29) is 11.0 Å². The topological polar surface area (TPSA) is 75.7 Å². The van der Waals surface area contributed by atoms with Gasteiger partial charge >= 0.3 is 0 Å². The van der Waals surface area contributed by atoms with Crippen LogP contribution in [-0.4, -0.2) is 26.5 Å². The van der Waals surface area contributed by atoms with Gasteiger partial charge in [0.15, 0.2) is 0 Å². The van der Waals surface area contributed by atoms with Gasteiger partial charge in [-0.25, -0.2) is 8.42 Å². The van der Waals surface area contributed by atoms with Crippen molar-refractivity contribution in [3.63, 3.8) is 0 Å². The first-order valence-electron chi connectivity index (χ1n) is 9.43. The first-order valence-corrected chi connectivity index (χ1v) is 10.9. The number of ether oxygens (including phenoxy) is 1. The highest BCUT2D eigenvalue weighted by molar-refractivity contribution is 7.93. The summed E-state index contributed by atoms with van der Waals surface area (Å²) in [7, 11) is -3.81. The molecule has 0 aromatic heterocycles. The van der Waals surface area contributed by atoms with Gasteiger partial charge < -0.3 is 10.1 Å². The second-order valence-electron chi connectivity index (χ2n) is 7.29. The molecule has 0 fully saturated rings. The highest BCUT2D eigenvalue weighted by Crippen LogP contribution is 2.43. The number of anilines is 2. The number of carbonyl (C=O) groups is 1. The van der Waals surface area contributed by atoms with Crippen LogP contribution in [0.2, 0.25) is 0 Å². The zero-order valence-corrected chi connectivity index (χ0v) is 17.2. The van der Waals surface area contributed by atoms with Crippen molar-refractivity contribution in [2.24, 2.45) is 0 Å². The number of sulfonamides is 1. The summed E-state index contributed by atoms with van der Waals surface area (Å²) in [4.78, 5) is 13.2. The highest BCUT2D eigenvalue weighted by atomic mass is 32.2. The number of hydrogen-bond donors (Lipinski definition) is 1. The maximum Gasteiger partial charge on any atom is 0.265 e. The lowest BCUT2D eigenvalue weighted by Crippen LogP contribution is -2.43. The highest BCUT2D eigenvalue weighted by Gasteiger charge is 2.40. The van der Waals surface area contributed by atoms with Crippen LogP contribution in [0.4, 0.5) is 11.4 Å². The molecule has 1 amide bonds. The summed E-state index contributed by atoms with van der Waals surface area (Å²) in [6.07, 6.45) is 0.00797. The smallest absolute Gasteiger partial charge is 0.265 e. The maximum atomic E-state index is 13.2. The number of carbonyl (C=O) groups excluding carboxylic acids is 1. The molecule has 0 spiro atoms. The van der Waals surface area contributed by atoms with Gasteiger partial charge in [0.25, 0.3) is 10.0 Å². The van der Waals surface area contributed by atoms with Gasteiger partial charge in [0.05, 0.1) is 16.7 Å². The molecular formula is C22H22N2O4S. The summed E-state index contributed by atoms with van der Waals surface area (Å²) in [5.74, 6) is 0.219. The molecule has 0 saturated carbocycles. The Hall–Kier alpha value is -3.06. The average Bonchev–Trinajstić information content (AvgIpc) is 2.90. The van der Waals surface area contributed by atoms with E-state index in [1.165, 1.54) is 4.31 Å². The van der Waals surface area contributed by atoms with Crippen molar-refractivity contribution in [3.8, 4) is 5.75 Å². The minimum Gasteiger partial charge on any atom is -0.491 e. The fourth-order valence-corrected chi connectivity index (χ4v) is 5.48. The third kappa shape index (κ3) is 3.31. The summed E-state index contributed by atoms with van der Waals surface area (Å²) < 4.78 is 33.2. The molecule has 1 aliphatic rings. The van der Waals surface area contributed by atoms with Gasteiger partial charge in [0, 0.05) is 17.1 Å². The Morgan fingerprint density at radius 2 is 1.69 bits per heavy atom. The van der Waals surface area contributed by atoms with Crippen LogP contribution in [0.3, 0.4) is 0 Å². The summed E-state index contributed by atoms with van der Waals surface area (Å²) >= 11 is 0. The monoisotopic (exact) mass is 410 g/mol. The Bertz CT molecular complexity index is 1200. The number of benzene rings is 3. The van der Waals surface area contributed by atoms with Crippen LogP contribution >= 0.6 is 0 Å². The third-order valence-electron chi connectivity index (χ3n) is 4.82. The lowest BCUT2D eigenvalue weighted by Gasteiger charge is -2.25. The SMILES string of the molecule is CC(C)Oc1cccc(NC(=O)[C@@H](C)N2c3cccc4cccc(c34)S2(=O)=O)c1. The van der Waals surface area contributed by atoms with Gasteiger partial charge in [-0.1, -0.05) is 30.3 Å². The number of rotatable bonds is 5. The first-order chi connectivity index (χ1) is 13.8. The molecule has 0 radical (unpaired) electrons. The molecule has 1 aliphatic heterocycles. The first kappa shape index (κ1) is 19.3. The van der Waals surface area contributed by atoms with Crippen molar-refractivity contribution in [2.75, 3.05) is 9.62 Å². The van der Waals surface area contributed by atoms with Crippen LogP contribution in [0, 0.1) is 0 Å². The molecule has 0 aliphatic carbocycles. The Kier molecular flexibility index (Phi) is 4.70. The predicted molar refractivity (Wildman–Crippen MR) is 114 cm³/mol. The van der Waals surface area contributed by atoms with E-state index >= 15 is 0 Å². The zero-order valence-electron chi connectivity index (χ0n) is 16.4. The van der Waals surface area contributed by atoms with Crippen LogP contribution in [0.5, 0.6) is 5.75 Å². The van der Waals surface area contributed by atoms with Crippen LogP contribution in [0.15, 0.2) is 65.6 Å². The molecule has 29 heavy (non-hydrogen) atoms. The van der Waals surface area contributed by atoms with E-state index in [2.05, 4.69) is 5.32 Å². The number of nitrogens with zero attached hydrogens (tertiary/aromatic N) is 1. The number of nitrogens with one attached hydrogen (secondary N) is 1. The van der Waals surface area contributed by atoms with Crippen molar-refractivity contribution in [1.82, 2.24) is 0 Å². The molecule has 3 aromatic rings. The van der Waals surface area contributed by atoms with E-state index < -0.39 is 22.0 Å². The van der Waals surface area contributed by atoms with E-state index in [1.54, 1.807) is 55.5 Å². The van der Waals surface area contributed by atoms with Crippen molar-refractivity contribution in [2.45, 2.75) is 37.8 Å². The van der Waals surface area contributed by atoms with Gasteiger partial charge in [-0.15, -0.1) is 0 Å². The predicted octanol–water partition coefficient (Wildman–Crippen LogP) is 4.16. The Labute approximate surface area is 170 Å². The lowest BCUT2D eigenvalue weighted by atomic mass is 10.1. The number of amides is 1. The van der Waals surface area contributed by atoms with Crippen LogP contribution in [-0.2, 0) is 14.8 Å². The average molecular weight is 410 g/mol. The van der Waals surface area contributed by atoms with Gasteiger partial charge in [-0.05, 0) is 50.4 Å². The minimum atomic E-state index is -3.81. The van der Waals surface area contributed by atoms with E-state index in [4.69, 9.17) is 4.74 Å². The minimum absolute atomic E-state index is 0.00797. The molecule has 6 nitrogen and oxygen atoms in total. The zero-order chi connectivity index (χ0) is 20.8. The molecule has 1 heterocycles. The fourth-order valence-electron chi connectivity index (χ4n) is 3.61. The Balaban J connectivity index is 1.64. The quantitative estimate of drug-likeness (QED) is 0.685. The second-order valence-corrected chi connectivity index (χ2v) is 9.08. The van der Waals surface area contributed by atoms with E-state index in [1.807, 2.05) is 26.0 Å². The molecule has 0 saturated heterocycles.